The van der Waals surface area contributed by atoms with Crippen LogP contribution in [0.3, 0.4) is 0 Å². The minimum absolute atomic E-state index is 0.0939. The molecule has 1 aromatic heterocycles. The summed E-state index contributed by atoms with van der Waals surface area (Å²) in [5.41, 5.74) is 1.47. The molecule has 0 saturated carbocycles. The van der Waals surface area contributed by atoms with Gasteiger partial charge >= 0.3 is 5.69 Å². The van der Waals surface area contributed by atoms with Crippen LogP contribution < -0.4 is 11.2 Å². The number of hydrogen-bond acceptors (Lipinski definition) is 6. The van der Waals surface area contributed by atoms with Gasteiger partial charge < -0.3 is 19.3 Å². The van der Waals surface area contributed by atoms with Gasteiger partial charge in [0, 0.05) is 12.3 Å². The summed E-state index contributed by atoms with van der Waals surface area (Å²) in [5, 5.41) is 12.5. The van der Waals surface area contributed by atoms with Crippen molar-refractivity contribution in [3.63, 3.8) is 0 Å². The fourth-order valence-electron chi connectivity index (χ4n) is 7.74. The third-order valence-electron chi connectivity index (χ3n) is 10.3. The second-order valence-corrected chi connectivity index (χ2v) is 13.5. The largest absolute Gasteiger partial charge is 0.387 e. The monoisotopic (exact) mass is 728 g/mol. The zero-order chi connectivity index (χ0) is 37.7. The van der Waals surface area contributed by atoms with Gasteiger partial charge in [-0.25, -0.2) is 4.79 Å². The molecule has 0 bridgehead atoms. The zero-order valence-corrected chi connectivity index (χ0v) is 29.9. The minimum atomic E-state index is -1.31. The van der Waals surface area contributed by atoms with Crippen LogP contribution >= 0.6 is 0 Å². The smallest absolute Gasteiger partial charge is 0.330 e. The standard InChI is InChI=1S/C47H40N2O6/c50-41-31-32-49(45(52)48-41)44-43(55-47(37-25-13-4-14-26-37,38-27-15-5-16-28-38)39-29-17-6-18-30-39)42(51)40(54-44)33-53-46(34-19-7-1-8-20-34,35-21-9-2-10-22-35)36-23-11-3-12-24-36/h1-32,40,42-44,51H,33H2,(H,48,50,52)/t40-,42-,43-,44+/m0/s1. The normalized spacial score (nSPS) is 18.6. The molecule has 2 N–H and O–H groups in total. The van der Waals surface area contributed by atoms with E-state index in [4.69, 9.17) is 14.2 Å². The highest BCUT2D eigenvalue weighted by molar-refractivity contribution is 5.49. The highest BCUT2D eigenvalue weighted by Crippen LogP contribution is 2.46. The van der Waals surface area contributed by atoms with Gasteiger partial charge in [0.25, 0.3) is 5.56 Å². The predicted octanol–water partition coefficient (Wildman–Crippen LogP) is 7.18. The number of hydrogen-bond donors (Lipinski definition) is 2. The number of aliphatic hydroxyl groups excluding tert-OH is 1. The summed E-state index contributed by atoms with van der Waals surface area (Å²) in [7, 11) is 0. The molecule has 55 heavy (non-hydrogen) atoms. The van der Waals surface area contributed by atoms with Crippen LogP contribution in [0.2, 0.25) is 0 Å². The molecule has 7 aromatic rings. The number of benzene rings is 6. The number of ether oxygens (including phenoxy) is 3. The molecule has 8 heteroatoms. The van der Waals surface area contributed by atoms with Gasteiger partial charge in [-0.15, -0.1) is 0 Å². The van der Waals surface area contributed by atoms with Crippen molar-refractivity contribution in [3.05, 3.63) is 248 Å². The number of H-pyrrole nitrogens is 1. The Morgan fingerprint density at radius 2 is 0.909 bits per heavy atom. The summed E-state index contributed by atoms with van der Waals surface area (Å²) in [6, 6.07) is 60.5. The lowest BCUT2D eigenvalue weighted by Crippen LogP contribution is -2.46. The number of nitrogens with zero attached hydrogens (tertiary/aromatic N) is 1. The van der Waals surface area contributed by atoms with Crippen LogP contribution in [0.1, 0.15) is 39.6 Å². The minimum Gasteiger partial charge on any atom is -0.387 e. The van der Waals surface area contributed by atoms with Crippen molar-refractivity contribution >= 4 is 0 Å². The lowest BCUT2D eigenvalue weighted by molar-refractivity contribution is -0.125. The highest BCUT2D eigenvalue weighted by Gasteiger charge is 2.52. The van der Waals surface area contributed by atoms with E-state index in [-0.39, 0.29) is 6.61 Å². The van der Waals surface area contributed by atoms with E-state index < -0.39 is 47.0 Å². The van der Waals surface area contributed by atoms with E-state index in [1.54, 1.807) is 0 Å². The number of rotatable bonds is 12. The van der Waals surface area contributed by atoms with Crippen LogP contribution in [0.25, 0.3) is 0 Å². The van der Waals surface area contributed by atoms with Gasteiger partial charge in [-0.3, -0.25) is 14.3 Å². The van der Waals surface area contributed by atoms with Gasteiger partial charge in [0.05, 0.1) is 6.61 Å². The first-order chi connectivity index (χ1) is 27.0. The van der Waals surface area contributed by atoms with Crippen LogP contribution in [0.4, 0.5) is 0 Å². The van der Waals surface area contributed by atoms with E-state index in [2.05, 4.69) is 4.98 Å². The second kappa shape index (κ2) is 15.7. The molecule has 0 radical (unpaired) electrons. The molecule has 2 heterocycles. The topological polar surface area (TPSA) is 103 Å². The Labute approximate surface area is 318 Å². The fraction of sp³-hybridized carbons (Fsp3) is 0.149. The van der Waals surface area contributed by atoms with Crippen LogP contribution in [-0.4, -0.2) is 39.6 Å². The molecular weight excluding hydrogens is 689 g/mol. The van der Waals surface area contributed by atoms with Gasteiger partial charge in [-0.1, -0.05) is 182 Å². The number of nitrogens with one attached hydrogen (secondary N) is 1. The number of aromatic nitrogens is 2. The second-order valence-electron chi connectivity index (χ2n) is 13.5. The van der Waals surface area contributed by atoms with Crippen molar-refractivity contribution in [2.24, 2.45) is 0 Å². The molecule has 1 saturated heterocycles. The lowest BCUT2D eigenvalue weighted by Gasteiger charge is -2.40. The summed E-state index contributed by atoms with van der Waals surface area (Å²) in [6.07, 6.45) is -3.22. The Bertz CT molecular complexity index is 2210. The Morgan fingerprint density at radius 3 is 1.27 bits per heavy atom. The maximum Gasteiger partial charge on any atom is 0.330 e. The van der Waals surface area contributed by atoms with E-state index >= 15 is 0 Å². The Kier molecular flexibility index (Phi) is 10.2. The van der Waals surface area contributed by atoms with E-state index in [0.29, 0.717) is 0 Å². The third-order valence-corrected chi connectivity index (χ3v) is 10.3. The summed E-state index contributed by atoms with van der Waals surface area (Å²) in [5.74, 6) is 0. The van der Waals surface area contributed by atoms with Crippen molar-refractivity contribution in [1.82, 2.24) is 9.55 Å². The predicted molar refractivity (Wildman–Crippen MR) is 210 cm³/mol. The molecule has 0 spiro atoms. The van der Waals surface area contributed by atoms with Crippen molar-refractivity contribution in [2.45, 2.75) is 35.7 Å². The summed E-state index contributed by atoms with van der Waals surface area (Å²) in [4.78, 5) is 28.1. The zero-order valence-electron chi connectivity index (χ0n) is 29.9. The average molecular weight is 729 g/mol. The first kappa shape index (κ1) is 35.8. The number of aromatic amines is 1. The van der Waals surface area contributed by atoms with Crippen molar-refractivity contribution < 1.29 is 19.3 Å². The molecular formula is C47H40N2O6. The molecule has 0 amide bonds. The molecule has 0 aliphatic carbocycles. The van der Waals surface area contributed by atoms with Gasteiger partial charge in [0.1, 0.15) is 29.5 Å². The first-order valence-corrected chi connectivity index (χ1v) is 18.3. The van der Waals surface area contributed by atoms with E-state index in [0.717, 1.165) is 33.4 Å². The maximum absolute atomic E-state index is 13.5. The van der Waals surface area contributed by atoms with Crippen LogP contribution in [0, 0.1) is 0 Å². The molecule has 6 aromatic carbocycles. The Hall–Kier alpha value is -6.16. The molecule has 8 rings (SSSR count). The van der Waals surface area contributed by atoms with Gasteiger partial charge in [0.2, 0.25) is 0 Å². The van der Waals surface area contributed by atoms with E-state index in [1.807, 2.05) is 182 Å². The summed E-state index contributed by atoms with van der Waals surface area (Å²) in [6.45, 7) is -0.0939. The molecule has 0 unspecified atom stereocenters. The summed E-state index contributed by atoms with van der Waals surface area (Å²) >= 11 is 0. The Morgan fingerprint density at radius 1 is 0.545 bits per heavy atom. The van der Waals surface area contributed by atoms with Crippen molar-refractivity contribution in [1.29, 1.82) is 0 Å². The van der Waals surface area contributed by atoms with Crippen molar-refractivity contribution in [3.8, 4) is 0 Å². The molecule has 8 nitrogen and oxygen atoms in total. The number of aliphatic hydroxyl groups is 1. The van der Waals surface area contributed by atoms with Crippen LogP contribution in [-0.2, 0) is 25.4 Å². The maximum atomic E-state index is 13.5. The van der Waals surface area contributed by atoms with E-state index in [1.165, 1.54) is 16.8 Å². The quantitative estimate of drug-likeness (QED) is 0.129. The fourth-order valence-corrected chi connectivity index (χ4v) is 7.74. The first-order valence-electron chi connectivity index (χ1n) is 18.3. The van der Waals surface area contributed by atoms with E-state index in [9.17, 15) is 14.7 Å². The molecule has 1 fully saturated rings. The van der Waals surface area contributed by atoms with Crippen LogP contribution in [0.15, 0.2) is 204 Å². The molecule has 4 atom stereocenters. The SMILES string of the molecule is O=c1ccn([C@@H]2O[C@@H](COC(c3ccccc3)(c3ccccc3)c3ccccc3)[C@H](O)[C@@H]2OC(c2ccccc2)(c2ccccc2)c2ccccc2)c(=O)[nH]1. The van der Waals surface area contributed by atoms with Gasteiger partial charge in [-0.05, 0) is 33.4 Å². The molecule has 274 valence electrons. The van der Waals surface area contributed by atoms with Crippen LogP contribution in [0.5, 0.6) is 0 Å². The third kappa shape index (κ3) is 6.77. The molecule has 1 aliphatic rings. The molecule has 1 aliphatic heterocycles. The average Bonchev–Trinajstić information content (AvgIpc) is 3.55. The Balaban J connectivity index is 1.26. The lowest BCUT2D eigenvalue weighted by atomic mass is 9.79. The summed E-state index contributed by atoms with van der Waals surface area (Å²) < 4.78 is 22.4. The van der Waals surface area contributed by atoms with Crippen molar-refractivity contribution in [2.75, 3.05) is 6.61 Å². The van der Waals surface area contributed by atoms with Gasteiger partial charge in [0.15, 0.2) is 6.23 Å². The van der Waals surface area contributed by atoms with Gasteiger partial charge in [-0.2, -0.15) is 0 Å². The highest BCUT2D eigenvalue weighted by atomic mass is 16.6.